The van der Waals surface area contributed by atoms with Gasteiger partial charge in [0.1, 0.15) is 29.0 Å². The quantitative estimate of drug-likeness (QED) is 0.0393. The lowest BCUT2D eigenvalue weighted by Crippen LogP contribution is -2.48. The molecule has 0 spiro atoms. The minimum absolute atomic E-state index is 0.0433. The SMILES string of the molecule is O=C1CCC(N2C(=O)c3ccc(OCCCOCCCOCCCOc4ccc(Oc5c(-c6ccc(Br)cc6)sc6cc(O)ccc56)cc4)cc3C2=O)C(=O)O1. The number of rotatable bonds is 18. The molecule has 1 N–H and O–H groups in total. The van der Waals surface area contributed by atoms with Crippen LogP contribution in [0.3, 0.4) is 0 Å². The number of phenols is 1. The summed E-state index contributed by atoms with van der Waals surface area (Å²) in [5, 5.41) is 11.0. The molecule has 0 radical (unpaired) electrons. The van der Waals surface area contributed by atoms with E-state index in [1.165, 1.54) is 12.1 Å². The molecule has 3 heterocycles. The van der Waals surface area contributed by atoms with Crippen LogP contribution in [-0.4, -0.2) is 79.4 Å². The van der Waals surface area contributed by atoms with Crippen molar-refractivity contribution in [1.82, 2.24) is 4.90 Å². The zero-order valence-corrected chi connectivity index (χ0v) is 32.6. The number of cyclic esters (lactones) is 2. The maximum absolute atomic E-state index is 13.0. The zero-order chi connectivity index (χ0) is 39.0. The Morgan fingerprint density at radius 1 is 0.714 bits per heavy atom. The predicted molar refractivity (Wildman–Crippen MR) is 211 cm³/mol. The fourth-order valence-corrected chi connectivity index (χ4v) is 7.73. The molecule has 1 atom stereocenters. The fraction of sp³-hybridized carbons (Fsp3) is 0.286. The first-order valence-corrected chi connectivity index (χ1v) is 19.8. The number of hydrogen-bond donors (Lipinski definition) is 1. The number of carbonyl (C=O) groups excluding carboxylic acids is 4. The summed E-state index contributed by atoms with van der Waals surface area (Å²) in [5.41, 5.74) is 1.36. The number of aromatic hydroxyl groups is 1. The van der Waals surface area contributed by atoms with Crippen LogP contribution in [0.4, 0.5) is 0 Å². The van der Waals surface area contributed by atoms with Crippen molar-refractivity contribution in [3.8, 4) is 39.2 Å². The lowest BCUT2D eigenvalue weighted by atomic mass is 10.1. The third-order valence-corrected chi connectivity index (χ3v) is 10.8. The van der Waals surface area contributed by atoms with Crippen LogP contribution >= 0.6 is 27.3 Å². The standard InChI is InChI=1S/C42H38BrNO11S/c43-27-6-4-26(5-7-27)39-38(33-14-8-28(45)24-36(33)56-39)54-30-11-9-29(10-12-30)52-22-2-20-50-18-1-19-51-21-3-23-53-31-13-15-32-34(25-31)41(48)44(40(32)47)35-16-17-37(46)55-42(35)49/h4-15,24-25,35,45H,1-3,16-23H2. The van der Waals surface area contributed by atoms with Gasteiger partial charge in [-0.3, -0.25) is 19.3 Å². The van der Waals surface area contributed by atoms with E-state index >= 15 is 0 Å². The number of nitrogens with zero attached hydrogens (tertiary/aromatic N) is 1. The Labute approximate surface area is 335 Å². The van der Waals surface area contributed by atoms with E-state index in [-0.39, 0.29) is 29.7 Å². The molecule has 0 aliphatic carbocycles. The summed E-state index contributed by atoms with van der Waals surface area (Å²) < 4.78 is 36.0. The lowest BCUT2D eigenvalue weighted by molar-refractivity contribution is -0.167. The Kier molecular flexibility index (Phi) is 12.6. The van der Waals surface area contributed by atoms with Gasteiger partial charge in [0.05, 0.1) is 29.2 Å². The highest BCUT2D eigenvalue weighted by Crippen LogP contribution is 2.47. The van der Waals surface area contributed by atoms with Crippen LogP contribution in [0.25, 0.3) is 20.5 Å². The van der Waals surface area contributed by atoms with Crippen LogP contribution in [-0.2, 0) is 23.8 Å². The normalized spacial score (nSPS) is 15.3. The van der Waals surface area contributed by atoms with Crippen LogP contribution in [0.1, 0.15) is 52.8 Å². The molecular weight excluding hydrogens is 806 g/mol. The molecule has 2 aliphatic heterocycles. The van der Waals surface area contributed by atoms with Crippen molar-refractivity contribution in [2.24, 2.45) is 0 Å². The highest BCUT2D eigenvalue weighted by molar-refractivity contribution is 9.10. The molecule has 1 saturated heterocycles. The van der Waals surface area contributed by atoms with E-state index in [2.05, 4.69) is 20.7 Å². The molecule has 5 aromatic rings. The highest BCUT2D eigenvalue weighted by Gasteiger charge is 2.45. The van der Waals surface area contributed by atoms with Crippen molar-refractivity contribution < 1.29 is 52.7 Å². The molecule has 0 saturated carbocycles. The summed E-state index contributed by atoms with van der Waals surface area (Å²) in [6.45, 7) is 3.00. The van der Waals surface area contributed by atoms with Gasteiger partial charge in [0.25, 0.3) is 11.8 Å². The molecule has 4 aromatic carbocycles. The fourth-order valence-electron chi connectivity index (χ4n) is 6.29. The Balaban J connectivity index is 0.750. The van der Waals surface area contributed by atoms with Crippen molar-refractivity contribution in [3.05, 3.63) is 101 Å². The molecule has 0 bridgehead atoms. The van der Waals surface area contributed by atoms with Crippen LogP contribution in [0.2, 0.25) is 0 Å². The number of halogens is 1. The van der Waals surface area contributed by atoms with Gasteiger partial charge < -0.3 is 33.5 Å². The van der Waals surface area contributed by atoms with Gasteiger partial charge in [-0.2, -0.15) is 0 Å². The van der Waals surface area contributed by atoms with Gasteiger partial charge in [-0.1, -0.05) is 28.1 Å². The van der Waals surface area contributed by atoms with Gasteiger partial charge in [0.2, 0.25) is 0 Å². The topological polar surface area (TPSA) is 147 Å². The van der Waals surface area contributed by atoms with E-state index in [1.807, 2.05) is 54.6 Å². The van der Waals surface area contributed by atoms with Crippen LogP contribution < -0.4 is 14.2 Å². The molecule has 290 valence electrons. The smallest absolute Gasteiger partial charge is 0.337 e. The number of phenolic OH excluding ortho intramolecular Hbond substituents is 1. The van der Waals surface area contributed by atoms with Crippen molar-refractivity contribution in [2.75, 3.05) is 39.6 Å². The Hall–Kier alpha value is -5.28. The first-order valence-electron chi connectivity index (χ1n) is 18.2. The number of esters is 2. The Bertz CT molecular complexity index is 2220. The second-order valence-electron chi connectivity index (χ2n) is 13.0. The summed E-state index contributed by atoms with van der Waals surface area (Å²) in [6.07, 6.45) is 2.09. The first kappa shape index (κ1) is 39.0. The van der Waals surface area contributed by atoms with Gasteiger partial charge in [0.15, 0.2) is 5.75 Å². The van der Waals surface area contributed by atoms with Gasteiger partial charge >= 0.3 is 11.9 Å². The van der Waals surface area contributed by atoms with Gasteiger partial charge in [0, 0.05) is 60.2 Å². The van der Waals surface area contributed by atoms with Crippen molar-refractivity contribution >= 4 is 61.1 Å². The van der Waals surface area contributed by atoms with E-state index in [0.717, 1.165) is 54.2 Å². The van der Waals surface area contributed by atoms with Crippen molar-refractivity contribution in [3.63, 3.8) is 0 Å². The average Bonchev–Trinajstić information content (AvgIpc) is 3.66. The Morgan fingerprint density at radius 3 is 2.04 bits per heavy atom. The van der Waals surface area contributed by atoms with Crippen molar-refractivity contribution in [1.29, 1.82) is 0 Å². The summed E-state index contributed by atoms with van der Waals surface area (Å²) in [5.74, 6) is 0.0307. The van der Waals surface area contributed by atoms with E-state index < -0.39 is 29.8 Å². The van der Waals surface area contributed by atoms with E-state index in [4.69, 9.17) is 23.7 Å². The number of hydrogen-bond acceptors (Lipinski definition) is 12. The second kappa shape index (κ2) is 18.1. The average molecular weight is 845 g/mol. The zero-order valence-electron chi connectivity index (χ0n) is 30.2. The molecule has 2 aliphatic rings. The van der Waals surface area contributed by atoms with E-state index in [1.54, 1.807) is 29.5 Å². The molecule has 14 heteroatoms. The van der Waals surface area contributed by atoms with E-state index in [0.29, 0.717) is 57.6 Å². The molecule has 1 aromatic heterocycles. The summed E-state index contributed by atoms with van der Waals surface area (Å²) in [4.78, 5) is 51.2. The van der Waals surface area contributed by atoms with E-state index in [9.17, 15) is 24.3 Å². The van der Waals surface area contributed by atoms with Crippen molar-refractivity contribution in [2.45, 2.75) is 38.1 Å². The predicted octanol–water partition coefficient (Wildman–Crippen LogP) is 8.32. The van der Waals surface area contributed by atoms with Crippen LogP contribution in [0.5, 0.6) is 28.7 Å². The largest absolute Gasteiger partial charge is 0.508 e. The molecule has 2 amide bonds. The molecule has 7 rings (SSSR count). The summed E-state index contributed by atoms with van der Waals surface area (Å²) in [6, 6.07) is 24.4. The molecular formula is C42H38BrNO11S. The molecule has 1 fully saturated rings. The third kappa shape index (κ3) is 9.22. The van der Waals surface area contributed by atoms with Gasteiger partial charge in [-0.15, -0.1) is 11.3 Å². The number of imide groups is 1. The number of thiophene rings is 1. The van der Waals surface area contributed by atoms with Crippen LogP contribution in [0, 0.1) is 0 Å². The molecule has 12 nitrogen and oxygen atoms in total. The highest BCUT2D eigenvalue weighted by atomic mass is 79.9. The third-order valence-electron chi connectivity index (χ3n) is 9.07. The maximum atomic E-state index is 13.0. The number of amides is 2. The van der Waals surface area contributed by atoms with Crippen LogP contribution in [0.15, 0.2) is 89.4 Å². The minimum Gasteiger partial charge on any atom is -0.508 e. The lowest BCUT2D eigenvalue weighted by Gasteiger charge is -2.26. The number of carbonyl (C=O) groups is 4. The number of fused-ring (bicyclic) bond motifs is 2. The minimum atomic E-state index is -1.12. The Morgan fingerprint density at radius 2 is 1.34 bits per heavy atom. The number of benzene rings is 4. The molecule has 56 heavy (non-hydrogen) atoms. The molecule has 1 unspecified atom stereocenters. The number of ether oxygens (including phenoxy) is 6. The maximum Gasteiger partial charge on any atom is 0.337 e. The monoisotopic (exact) mass is 843 g/mol. The summed E-state index contributed by atoms with van der Waals surface area (Å²) >= 11 is 5.07. The van der Waals surface area contributed by atoms with Gasteiger partial charge in [-0.25, -0.2) is 4.79 Å². The van der Waals surface area contributed by atoms with Gasteiger partial charge in [-0.05, 0) is 91.2 Å². The summed E-state index contributed by atoms with van der Waals surface area (Å²) in [7, 11) is 0. The first-order chi connectivity index (χ1) is 27.2. The second-order valence-corrected chi connectivity index (χ2v) is 15.0.